The number of carbonyl (C=O) groups is 2. The van der Waals surface area contributed by atoms with Gasteiger partial charge < -0.3 is 9.15 Å². The Hall–Kier alpha value is -3.48. The molecule has 3 aromatic rings. The van der Waals surface area contributed by atoms with Crippen molar-refractivity contribution in [2.45, 2.75) is 12.8 Å². The summed E-state index contributed by atoms with van der Waals surface area (Å²) in [7, 11) is 1.58. The fraction of sp³-hybridized carbons (Fsp3) is 0.158. The number of nitrogens with one attached hydrogen (secondary N) is 1. The zero-order chi connectivity index (χ0) is 18.4. The molecule has 0 atom stereocenters. The monoisotopic (exact) mass is 351 g/mol. The zero-order valence-corrected chi connectivity index (χ0v) is 14.1. The number of amides is 1. The van der Waals surface area contributed by atoms with Gasteiger partial charge in [0.25, 0.3) is 0 Å². The van der Waals surface area contributed by atoms with E-state index in [-0.39, 0.29) is 36.4 Å². The average molecular weight is 351 g/mol. The summed E-state index contributed by atoms with van der Waals surface area (Å²) >= 11 is 0. The summed E-state index contributed by atoms with van der Waals surface area (Å²) in [5.41, 5.74) is 1.29. The molecule has 1 heterocycles. The summed E-state index contributed by atoms with van der Waals surface area (Å²) in [6, 6.07) is 15.9. The van der Waals surface area contributed by atoms with Crippen molar-refractivity contribution in [3.05, 3.63) is 60.2 Å². The molecule has 0 aliphatic carbocycles. The van der Waals surface area contributed by atoms with Gasteiger partial charge in [-0.1, -0.05) is 35.4 Å². The smallest absolute Gasteiger partial charge is 0.322 e. The maximum absolute atomic E-state index is 12.0. The van der Waals surface area contributed by atoms with Gasteiger partial charge in [0, 0.05) is 24.0 Å². The number of carbonyl (C=O) groups excluding carboxylic acids is 2. The topological polar surface area (TPSA) is 94.3 Å². The van der Waals surface area contributed by atoms with Gasteiger partial charge in [-0.15, -0.1) is 5.10 Å². The van der Waals surface area contributed by atoms with Crippen LogP contribution in [-0.4, -0.2) is 29.0 Å². The van der Waals surface area contributed by atoms with Crippen molar-refractivity contribution in [3.63, 3.8) is 0 Å². The van der Waals surface area contributed by atoms with Gasteiger partial charge in [-0.25, -0.2) is 0 Å². The van der Waals surface area contributed by atoms with Crippen LogP contribution in [0.5, 0.6) is 5.75 Å². The van der Waals surface area contributed by atoms with E-state index < -0.39 is 0 Å². The maximum atomic E-state index is 12.0. The Kier molecular flexibility index (Phi) is 5.38. The Balaban J connectivity index is 1.55. The molecule has 26 heavy (non-hydrogen) atoms. The van der Waals surface area contributed by atoms with Gasteiger partial charge in [0.05, 0.1) is 7.11 Å². The molecule has 0 aliphatic rings. The molecule has 0 fully saturated rings. The first-order valence-electron chi connectivity index (χ1n) is 8.02. The van der Waals surface area contributed by atoms with Crippen molar-refractivity contribution in [1.29, 1.82) is 0 Å². The number of anilines is 1. The third-order valence-electron chi connectivity index (χ3n) is 3.68. The third-order valence-corrected chi connectivity index (χ3v) is 3.68. The highest BCUT2D eigenvalue weighted by molar-refractivity contribution is 5.99. The molecule has 2 aromatic carbocycles. The Morgan fingerprint density at radius 1 is 1.00 bits per heavy atom. The van der Waals surface area contributed by atoms with E-state index in [1.807, 2.05) is 6.07 Å². The average Bonchev–Trinajstić information content (AvgIpc) is 3.15. The van der Waals surface area contributed by atoms with Gasteiger partial charge in [0.2, 0.25) is 11.8 Å². The fourth-order valence-electron chi connectivity index (χ4n) is 2.30. The lowest BCUT2D eigenvalue weighted by atomic mass is 10.1. The van der Waals surface area contributed by atoms with Crippen LogP contribution in [-0.2, 0) is 4.79 Å². The Morgan fingerprint density at radius 3 is 2.42 bits per heavy atom. The minimum atomic E-state index is -0.362. The quantitative estimate of drug-likeness (QED) is 0.656. The van der Waals surface area contributed by atoms with E-state index in [9.17, 15) is 9.59 Å². The predicted molar refractivity (Wildman–Crippen MR) is 94.9 cm³/mol. The molecule has 0 unspecified atom stereocenters. The van der Waals surface area contributed by atoms with Crippen LogP contribution in [0.15, 0.2) is 59.0 Å². The van der Waals surface area contributed by atoms with Gasteiger partial charge in [-0.2, -0.15) is 0 Å². The molecule has 132 valence electrons. The second-order valence-corrected chi connectivity index (χ2v) is 5.48. The van der Waals surface area contributed by atoms with Crippen LogP contribution in [0.2, 0.25) is 0 Å². The van der Waals surface area contributed by atoms with Crippen LogP contribution in [0.25, 0.3) is 11.5 Å². The van der Waals surface area contributed by atoms with E-state index in [4.69, 9.17) is 9.15 Å². The lowest BCUT2D eigenvalue weighted by Crippen LogP contribution is -2.13. The molecule has 0 aliphatic heterocycles. The number of rotatable bonds is 7. The summed E-state index contributed by atoms with van der Waals surface area (Å²) in [4.78, 5) is 24.0. The van der Waals surface area contributed by atoms with E-state index in [2.05, 4.69) is 15.5 Å². The number of benzene rings is 2. The Morgan fingerprint density at radius 2 is 1.73 bits per heavy atom. The van der Waals surface area contributed by atoms with Crippen LogP contribution in [0, 0.1) is 0 Å². The predicted octanol–water partition coefficient (Wildman–Crippen LogP) is 3.35. The Labute approximate surface area is 150 Å². The Bertz CT molecular complexity index is 889. The van der Waals surface area contributed by atoms with Crippen molar-refractivity contribution in [2.75, 3.05) is 12.4 Å². The number of Topliss-reactive ketones (excluding diaryl/α,β-unsaturated/α-hetero) is 1. The second kappa shape index (κ2) is 8.06. The van der Waals surface area contributed by atoms with Gasteiger partial charge in [-0.05, 0) is 24.3 Å². The standard InChI is InChI=1S/C19H17N3O4/c1-25-15-9-7-14(8-10-15)18-21-22-19(26-18)20-17(24)12-11-16(23)13-5-3-2-4-6-13/h2-10H,11-12H2,1H3,(H,20,22,24). The molecule has 0 bridgehead atoms. The molecule has 3 rings (SSSR count). The minimum Gasteiger partial charge on any atom is -0.497 e. The first-order valence-corrected chi connectivity index (χ1v) is 8.02. The molecule has 1 N–H and O–H groups in total. The molecule has 1 amide bonds. The molecule has 1 aromatic heterocycles. The number of ketones is 1. The number of aromatic nitrogens is 2. The molecule has 0 saturated heterocycles. The summed E-state index contributed by atoms with van der Waals surface area (Å²) in [6.07, 6.45) is 0.142. The molecule has 7 heteroatoms. The van der Waals surface area contributed by atoms with Crippen LogP contribution < -0.4 is 10.1 Å². The highest BCUT2D eigenvalue weighted by Crippen LogP contribution is 2.22. The van der Waals surface area contributed by atoms with Gasteiger partial charge in [0.1, 0.15) is 5.75 Å². The van der Waals surface area contributed by atoms with Crippen molar-refractivity contribution in [3.8, 4) is 17.2 Å². The van der Waals surface area contributed by atoms with Crippen LogP contribution in [0.1, 0.15) is 23.2 Å². The van der Waals surface area contributed by atoms with E-state index in [0.29, 0.717) is 16.9 Å². The van der Waals surface area contributed by atoms with Crippen LogP contribution in [0.3, 0.4) is 0 Å². The molecule has 0 radical (unpaired) electrons. The zero-order valence-electron chi connectivity index (χ0n) is 14.1. The first kappa shape index (κ1) is 17.3. The molecular formula is C19H17N3O4. The summed E-state index contributed by atoms with van der Waals surface area (Å²) in [5, 5.41) is 10.2. The lowest BCUT2D eigenvalue weighted by molar-refractivity contribution is -0.116. The van der Waals surface area contributed by atoms with Crippen molar-refractivity contribution >= 4 is 17.7 Å². The van der Waals surface area contributed by atoms with E-state index in [0.717, 1.165) is 0 Å². The highest BCUT2D eigenvalue weighted by Gasteiger charge is 2.13. The summed E-state index contributed by atoms with van der Waals surface area (Å²) in [6.45, 7) is 0. The summed E-state index contributed by atoms with van der Waals surface area (Å²) in [5.74, 6) is 0.539. The summed E-state index contributed by atoms with van der Waals surface area (Å²) < 4.78 is 10.5. The van der Waals surface area contributed by atoms with Crippen LogP contribution in [0.4, 0.5) is 6.01 Å². The number of methoxy groups -OCH3 is 1. The van der Waals surface area contributed by atoms with Gasteiger partial charge in [0.15, 0.2) is 5.78 Å². The van der Waals surface area contributed by atoms with E-state index in [1.165, 1.54) is 0 Å². The van der Waals surface area contributed by atoms with Gasteiger partial charge in [-0.3, -0.25) is 14.9 Å². The third kappa shape index (κ3) is 4.32. The van der Waals surface area contributed by atoms with E-state index >= 15 is 0 Å². The highest BCUT2D eigenvalue weighted by atomic mass is 16.5. The normalized spacial score (nSPS) is 10.3. The minimum absolute atomic E-state index is 0.00650. The molecular weight excluding hydrogens is 334 g/mol. The van der Waals surface area contributed by atoms with Crippen molar-refractivity contribution in [2.24, 2.45) is 0 Å². The SMILES string of the molecule is COc1ccc(-c2nnc(NC(=O)CCC(=O)c3ccccc3)o2)cc1. The molecule has 7 nitrogen and oxygen atoms in total. The van der Waals surface area contributed by atoms with Crippen molar-refractivity contribution in [1.82, 2.24) is 10.2 Å². The number of nitrogens with zero attached hydrogens (tertiary/aromatic N) is 2. The van der Waals surface area contributed by atoms with Gasteiger partial charge >= 0.3 is 6.01 Å². The van der Waals surface area contributed by atoms with Crippen molar-refractivity contribution < 1.29 is 18.7 Å². The first-order chi connectivity index (χ1) is 12.7. The van der Waals surface area contributed by atoms with E-state index in [1.54, 1.807) is 55.6 Å². The maximum Gasteiger partial charge on any atom is 0.322 e. The molecule has 0 saturated carbocycles. The largest absolute Gasteiger partial charge is 0.497 e. The number of hydrogen-bond acceptors (Lipinski definition) is 6. The fourth-order valence-corrected chi connectivity index (χ4v) is 2.30. The second-order valence-electron chi connectivity index (χ2n) is 5.48. The number of hydrogen-bond donors (Lipinski definition) is 1. The van der Waals surface area contributed by atoms with Crippen LogP contribution >= 0.6 is 0 Å². The lowest BCUT2D eigenvalue weighted by Gasteiger charge is -2.01. The number of ether oxygens (including phenoxy) is 1. The molecule has 0 spiro atoms.